The van der Waals surface area contributed by atoms with Gasteiger partial charge in [0.25, 0.3) is 5.91 Å². The molecule has 2 fully saturated rings. The average Bonchev–Trinajstić information content (AvgIpc) is 2.64. The molecule has 6 nitrogen and oxygen atoms in total. The van der Waals surface area contributed by atoms with Crippen molar-refractivity contribution in [3.63, 3.8) is 0 Å². The number of amides is 1. The van der Waals surface area contributed by atoms with Crippen LogP contribution in [-0.2, 0) is 4.79 Å². The fourth-order valence-electron chi connectivity index (χ4n) is 3.87. The Labute approximate surface area is 155 Å². The van der Waals surface area contributed by atoms with E-state index in [9.17, 15) is 9.59 Å². The minimum absolute atomic E-state index is 0.0217. The minimum atomic E-state index is 0.0217. The van der Waals surface area contributed by atoms with Crippen LogP contribution in [0.1, 0.15) is 30.1 Å². The van der Waals surface area contributed by atoms with Crippen molar-refractivity contribution in [1.29, 1.82) is 0 Å². The number of likely N-dealkylation sites (N-methyl/N-ethyl adjacent to an activating group) is 1. The predicted molar refractivity (Wildman–Crippen MR) is 101 cm³/mol. The molecule has 0 saturated carbocycles. The highest BCUT2D eigenvalue weighted by molar-refractivity contribution is 5.94. The number of carbonyl (C=O) groups is 2. The summed E-state index contributed by atoms with van der Waals surface area (Å²) < 4.78 is 5.65. The molecule has 26 heavy (non-hydrogen) atoms. The number of piperazine rings is 1. The van der Waals surface area contributed by atoms with Gasteiger partial charge < -0.3 is 14.5 Å². The third kappa shape index (κ3) is 4.07. The molecular formula is C20H29N3O3. The van der Waals surface area contributed by atoms with Gasteiger partial charge in [-0.25, -0.2) is 0 Å². The Morgan fingerprint density at radius 2 is 1.69 bits per heavy atom. The van der Waals surface area contributed by atoms with Crippen LogP contribution in [0.15, 0.2) is 24.3 Å². The SMILES string of the molecule is CC(=O)c1ccc(OCC(=O)N2CCN(C)C3(CCN(C)CC3)C2)cc1. The normalized spacial score (nSPS) is 21.0. The van der Waals surface area contributed by atoms with Crippen molar-refractivity contribution in [3.8, 4) is 5.75 Å². The Bertz CT molecular complexity index is 651. The van der Waals surface area contributed by atoms with Gasteiger partial charge in [-0.15, -0.1) is 0 Å². The number of ether oxygens (including phenoxy) is 1. The van der Waals surface area contributed by atoms with Crippen LogP contribution >= 0.6 is 0 Å². The first kappa shape index (κ1) is 18.9. The van der Waals surface area contributed by atoms with Crippen LogP contribution in [0.25, 0.3) is 0 Å². The highest BCUT2D eigenvalue weighted by Gasteiger charge is 2.42. The summed E-state index contributed by atoms with van der Waals surface area (Å²) >= 11 is 0. The number of piperidine rings is 1. The largest absolute Gasteiger partial charge is 0.484 e. The summed E-state index contributed by atoms with van der Waals surface area (Å²) in [7, 11) is 4.34. The van der Waals surface area contributed by atoms with Crippen molar-refractivity contribution >= 4 is 11.7 Å². The van der Waals surface area contributed by atoms with Crippen LogP contribution in [0.4, 0.5) is 0 Å². The minimum Gasteiger partial charge on any atom is -0.484 e. The van der Waals surface area contributed by atoms with E-state index in [-0.39, 0.29) is 23.8 Å². The molecule has 0 bridgehead atoms. The van der Waals surface area contributed by atoms with Gasteiger partial charge in [0.05, 0.1) is 0 Å². The Morgan fingerprint density at radius 3 is 2.31 bits per heavy atom. The first-order valence-electron chi connectivity index (χ1n) is 9.31. The average molecular weight is 359 g/mol. The number of benzene rings is 1. The molecule has 2 heterocycles. The zero-order chi connectivity index (χ0) is 18.7. The molecule has 1 aromatic rings. The lowest BCUT2D eigenvalue weighted by Gasteiger charge is -2.52. The van der Waals surface area contributed by atoms with E-state index in [4.69, 9.17) is 4.74 Å². The summed E-state index contributed by atoms with van der Waals surface area (Å²) in [6, 6.07) is 6.94. The van der Waals surface area contributed by atoms with Gasteiger partial charge in [-0.05, 0) is 71.2 Å². The zero-order valence-electron chi connectivity index (χ0n) is 16.0. The summed E-state index contributed by atoms with van der Waals surface area (Å²) in [6.45, 7) is 6.16. The van der Waals surface area contributed by atoms with Gasteiger partial charge in [-0.1, -0.05) is 0 Å². The molecule has 1 spiro atoms. The van der Waals surface area contributed by atoms with E-state index >= 15 is 0 Å². The molecule has 0 atom stereocenters. The Morgan fingerprint density at radius 1 is 1.04 bits per heavy atom. The van der Waals surface area contributed by atoms with Gasteiger partial charge in [0.15, 0.2) is 12.4 Å². The van der Waals surface area contributed by atoms with Gasteiger partial charge in [0.1, 0.15) is 5.75 Å². The standard InChI is InChI=1S/C20H29N3O3/c1-16(24)17-4-6-18(7-5-17)26-14-19(25)23-13-12-22(3)20(15-23)8-10-21(2)11-9-20/h4-7H,8-15H2,1-3H3. The van der Waals surface area contributed by atoms with Gasteiger partial charge in [-0.2, -0.15) is 0 Å². The molecule has 0 N–H and O–H groups in total. The molecule has 2 saturated heterocycles. The van der Waals surface area contributed by atoms with Crippen LogP contribution in [-0.4, -0.2) is 85.4 Å². The van der Waals surface area contributed by atoms with Gasteiger partial charge >= 0.3 is 0 Å². The summed E-state index contributed by atoms with van der Waals surface area (Å²) in [5.74, 6) is 0.673. The maximum Gasteiger partial charge on any atom is 0.260 e. The molecule has 1 aromatic carbocycles. The van der Waals surface area contributed by atoms with Gasteiger partial charge in [-0.3, -0.25) is 14.5 Å². The van der Waals surface area contributed by atoms with Crippen LogP contribution in [0.5, 0.6) is 5.75 Å². The topological polar surface area (TPSA) is 53.1 Å². The molecule has 2 aliphatic heterocycles. The van der Waals surface area contributed by atoms with Gasteiger partial charge in [0, 0.05) is 30.7 Å². The molecule has 142 valence electrons. The van der Waals surface area contributed by atoms with Crippen molar-refractivity contribution < 1.29 is 14.3 Å². The predicted octanol–water partition coefficient (Wildman–Crippen LogP) is 1.51. The van der Waals surface area contributed by atoms with Crippen molar-refractivity contribution in [2.75, 3.05) is 53.4 Å². The lowest BCUT2D eigenvalue weighted by Crippen LogP contribution is -2.65. The van der Waals surface area contributed by atoms with Crippen molar-refractivity contribution in [2.24, 2.45) is 0 Å². The van der Waals surface area contributed by atoms with Crippen LogP contribution in [0, 0.1) is 0 Å². The lowest BCUT2D eigenvalue weighted by molar-refractivity contribution is -0.140. The fraction of sp³-hybridized carbons (Fsp3) is 0.600. The van der Waals surface area contributed by atoms with E-state index in [0.717, 1.165) is 45.6 Å². The Hall–Kier alpha value is -1.92. The summed E-state index contributed by atoms with van der Waals surface area (Å²) in [4.78, 5) is 30.7. The summed E-state index contributed by atoms with van der Waals surface area (Å²) in [5.41, 5.74) is 0.746. The van der Waals surface area contributed by atoms with E-state index < -0.39 is 0 Å². The smallest absolute Gasteiger partial charge is 0.260 e. The van der Waals surface area contributed by atoms with E-state index in [2.05, 4.69) is 23.9 Å². The maximum absolute atomic E-state index is 12.7. The van der Waals surface area contributed by atoms with Crippen molar-refractivity contribution in [3.05, 3.63) is 29.8 Å². The number of rotatable bonds is 4. The molecule has 3 rings (SSSR count). The summed E-state index contributed by atoms with van der Waals surface area (Å²) in [6.07, 6.45) is 2.19. The molecule has 0 aromatic heterocycles. The van der Waals surface area contributed by atoms with Crippen LogP contribution in [0.2, 0.25) is 0 Å². The molecular weight excluding hydrogens is 330 g/mol. The maximum atomic E-state index is 12.7. The van der Waals surface area contributed by atoms with E-state index in [1.807, 2.05) is 4.90 Å². The molecule has 6 heteroatoms. The number of hydrogen-bond donors (Lipinski definition) is 0. The number of hydrogen-bond acceptors (Lipinski definition) is 5. The summed E-state index contributed by atoms with van der Waals surface area (Å²) in [5, 5.41) is 0. The Kier molecular flexibility index (Phi) is 5.63. The first-order chi connectivity index (χ1) is 12.4. The second-order valence-electron chi connectivity index (χ2n) is 7.63. The van der Waals surface area contributed by atoms with E-state index in [1.54, 1.807) is 24.3 Å². The third-order valence-corrected chi connectivity index (χ3v) is 5.89. The monoisotopic (exact) mass is 359 g/mol. The quantitative estimate of drug-likeness (QED) is 0.763. The lowest BCUT2D eigenvalue weighted by atomic mass is 9.84. The fourth-order valence-corrected chi connectivity index (χ4v) is 3.87. The Balaban J connectivity index is 1.56. The number of carbonyl (C=O) groups excluding carboxylic acids is 2. The van der Waals surface area contributed by atoms with Crippen molar-refractivity contribution in [1.82, 2.24) is 14.7 Å². The molecule has 0 radical (unpaired) electrons. The van der Waals surface area contributed by atoms with E-state index in [1.165, 1.54) is 6.92 Å². The highest BCUT2D eigenvalue weighted by atomic mass is 16.5. The third-order valence-electron chi connectivity index (χ3n) is 5.89. The van der Waals surface area contributed by atoms with Crippen LogP contribution < -0.4 is 4.74 Å². The molecule has 1 amide bonds. The number of Topliss-reactive ketones (excluding diaryl/α,β-unsaturated/α-hetero) is 1. The molecule has 2 aliphatic rings. The van der Waals surface area contributed by atoms with Gasteiger partial charge in [0.2, 0.25) is 0 Å². The van der Waals surface area contributed by atoms with Crippen LogP contribution in [0.3, 0.4) is 0 Å². The van der Waals surface area contributed by atoms with Crippen molar-refractivity contribution in [2.45, 2.75) is 25.3 Å². The highest BCUT2D eigenvalue weighted by Crippen LogP contribution is 2.31. The molecule has 0 aliphatic carbocycles. The second-order valence-corrected chi connectivity index (χ2v) is 7.63. The number of likely N-dealkylation sites (tertiary alicyclic amines) is 1. The number of nitrogens with zero attached hydrogens (tertiary/aromatic N) is 3. The zero-order valence-corrected chi connectivity index (χ0v) is 16.0. The first-order valence-corrected chi connectivity index (χ1v) is 9.31. The molecule has 0 unspecified atom stereocenters. The number of ketones is 1. The second kappa shape index (κ2) is 7.76. The van der Waals surface area contributed by atoms with E-state index in [0.29, 0.717) is 11.3 Å².